The molecule has 1 fully saturated rings. The maximum Gasteiger partial charge on any atom is 0.326 e. The normalized spacial score (nSPS) is 16.7. The van der Waals surface area contributed by atoms with Crippen molar-refractivity contribution in [2.24, 2.45) is 22.2 Å². The third-order valence-corrected chi connectivity index (χ3v) is 6.94. The van der Waals surface area contributed by atoms with Crippen LogP contribution in [0.5, 0.6) is 0 Å². The van der Waals surface area contributed by atoms with Gasteiger partial charge in [-0.15, -0.1) is 0 Å². The number of carboxylic acids is 1. The number of nitrogens with one attached hydrogen (secondary N) is 2. The molecule has 4 atom stereocenters. The van der Waals surface area contributed by atoms with Crippen LogP contribution >= 0.6 is 0 Å². The van der Waals surface area contributed by atoms with Gasteiger partial charge in [0.1, 0.15) is 18.1 Å². The first-order valence-corrected chi connectivity index (χ1v) is 13.7. The number of nitrogens with zero attached hydrogens (tertiary/aromatic N) is 2. The molecule has 4 unspecified atom stereocenters. The molecule has 2 aromatic carbocycles. The summed E-state index contributed by atoms with van der Waals surface area (Å²) < 4.78 is 0. The Bertz CT molecular complexity index is 1200. The van der Waals surface area contributed by atoms with Crippen molar-refractivity contribution in [1.82, 2.24) is 15.5 Å². The second kappa shape index (κ2) is 15.4. The molecule has 0 saturated carbocycles. The lowest BCUT2D eigenvalue weighted by atomic mass is 10.0. The zero-order chi connectivity index (χ0) is 29.8. The molecule has 9 N–H and O–H groups in total. The summed E-state index contributed by atoms with van der Waals surface area (Å²) in [6, 6.07) is 14.3. The molecule has 41 heavy (non-hydrogen) atoms. The molecule has 3 amide bonds. The van der Waals surface area contributed by atoms with Crippen LogP contribution in [0.15, 0.2) is 65.7 Å². The summed E-state index contributed by atoms with van der Waals surface area (Å²) in [5.74, 6) is -2.68. The van der Waals surface area contributed by atoms with Crippen LogP contribution in [0.1, 0.15) is 36.8 Å². The molecule has 0 aromatic heterocycles. The summed E-state index contributed by atoms with van der Waals surface area (Å²) in [6.45, 7) is 0.626. The van der Waals surface area contributed by atoms with E-state index in [0.717, 1.165) is 11.1 Å². The van der Waals surface area contributed by atoms with Gasteiger partial charge in [0.15, 0.2) is 5.96 Å². The van der Waals surface area contributed by atoms with Gasteiger partial charge in [0.25, 0.3) is 0 Å². The van der Waals surface area contributed by atoms with Gasteiger partial charge in [-0.25, -0.2) is 4.79 Å². The van der Waals surface area contributed by atoms with Gasteiger partial charge in [0, 0.05) is 25.9 Å². The van der Waals surface area contributed by atoms with E-state index < -0.39 is 47.9 Å². The molecule has 2 aromatic rings. The average molecular weight is 566 g/mol. The molecule has 3 rings (SSSR count). The molecule has 1 aliphatic heterocycles. The molecule has 1 aliphatic rings. The zero-order valence-electron chi connectivity index (χ0n) is 22.9. The summed E-state index contributed by atoms with van der Waals surface area (Å²) in [7, 11) is 0. The van der Waals surface area contributed by atoms with E-state index in [0.29, 0.717) is 38.8 Å². The number of carbonyl (C=O) groups excluding carboxylic acids is 3. The van der Waals surface area contributed by atoms with Gasteiger partial charge in [0.05, 0.1) is 6.04 Å². The first-order valence-electron chi connectivity index (χ1n) is 13.7. The van der Waals surface area contributed by atoms with E-state index in [4.69, 9.17) is 17.2 Å². The summed E-state index contributed by atoms with van der Waals surface area (Å²) in [6.07, 6.45) is 2.04. The number of aliphatic imine (C=N–C) groups is 1. The van der Waals surface area contributed by atoms with Gasteiger partial charge in [-0.2, -0.15) is 0 Å². The van der Waals surface area contributed by atoms with E-state index >= 15 is 0 Å². The molecule has 1 saturated heterocycles. The molecular weight excluding hydrogens is 526 g/mol. The van der Waals surface area contributed by atoms with Crippen molar-refractivity contribution < 1.29 is 24.3 Å². The molecule has 0 spiro atoms. The van der Waals surface area contributed by atoms with E-state index in [-0.39, 0.29) is 18.8 Å². The van der Waals surface area contributed by atoms with Crippen LogP contribution < -0.4 is 27.8 Å². The van der Waals surface area contributed by atoms with Gasteiger partial charge >= 0.3 is 5.97 Å². The van der Waals surface area contributed by atoms with Crippen molar-refractivity contribution in [2.45, 2.75) is 62.7 Å². The number of benzene rings is 2. The van der Waals surface area contributed by atoms with Crippen LogP contribution in [-0.4, -0.2) is 76.9 Å². The highest BCUT2D eigenvalue weighted by molar-refractivity contribution is 5.94. The van der Waals surface area contributed by atoms with E-state index in [1.165, 1.54) is 4.90 Å². The first-order chi connectivity index (χ1) is 19.7. The second-order valence-corrected chi connectivity index (χ2v) is 10.1. The van der Waals surface area contributed by atoms with Gasteiger partial charge in [-0.1, -0.05) is 60.7 Å². The minimum atomic E-state index is -1.17. The number of hydrogen-bond donors (Lipinski definition) is 6. The Morgan fingerprint density at radius 3 is 2.07 bits per heavy atom. The Labute approximate surface area is 239 Å². The van der Waals surface area contributed by atoms with Crippen LogP contribution in [0, 0.1) is 0 Å². The number of carbonyl (C=O) groups is 4. The first kappa shape index (κ1) is 31.1. The molecule has 0 bridgehead atoms. The number of rotatable bonds is 14. The number of guanidine groups is 1. The van der Waals surface area contributed by atoms with Crippen LogP contribution in [0.2, 0.25) is 0 Å². The smallest absolute Gasteiger partial charge is 0.326 e. The Kier molecular flexibility index (Phi) is 11.6. The van der Waals surface area contributed by atoms with Gasteiger partial charge < -0.3 is 37.8 Å². The topological polar surface area (TPSA) is 206 Å². The van der Waals surface area contributed by atoms with Crippen LogP contribution in [0.4, 0.5) is 0 Å². The van der Waals surface area contributed by atoms with E-state index in [1.807, 2.05) is 36.4 Å². The highest BCUT2D eigenvalue weighted by Gasteiger charge is 2.39. The lowest BCUT2D eigenvalue weighted by molar-refractivity contribution is -0.144. The van der Waals surface area contributed by atoms with Crippen LogP contribution in [0.3, 0.4) is 0 Å². The largest absolute Gasteiger partial charge is 0.480 e. The number of nitrogens with two attached hydrogens (primary N) is 3. The Morgan fingerprint density at radius 2 is 1.51 bits per heavy atom. The highest BCUT2D eigenvalue weighted by Crippen LogP contribution is 2.20. The molecule has 0 aliphatic carbocycles. The molecule has 220 valence electrons. The van der Waals surface area contributed by atoms with Gasteiger partial charge in [-0.3, -0.25) is 19.4 Å². The fourth-order valence-corrected chi connectivity index (χ4v) is 4.80. The second-order valence-electron chi connectivity index (χ2n) is 10.1. The lowest BCUT2D eigenvalue weighted by Gasteiger charge is -2.30. The van der Waals surface area contributed by atoms with Crippen molar-refractivity contribution in [2.75, 3.05) is 13.1 Å². The number of amides is 3. The van der Waals surface area contributed by atoms with E-state index in [1.54, 1.807) is 24.3 Å². The third-order valence-electron chi connectivity index (χ3n) is 6.94. The van der Waals surface area contributed by atoms with Crippen molar-refractivity contribution in [3.8, 4) is 0 Å². The standard InChI is InChI=1S/C29H39N7O5/c30-21(13-7-15-33-29(31)32)25(37)34-22(17-19-9-3-1-4-10-19)27(39)36-16-8-14-24(36)26(38)35-23(28(40)41)18-20-11-5-2-6-12-20/h1-6,9-12,21-24H,7-8,13-18,30H2,(H,34,37)(H,35,38)(H,40,41)(H4,31,32,33). The SMILES string of the molecule is NC(N)=NCCCC(N)C(=O)NC(Cc1ccccc1)C(=O)N1CCCC1C(=O)NC(Cc1ccccc1)C(=O)O. The number of aliphatic carboxylic acids is 1. The summed E-state index contributed by atoms with van der Waals surface area (Å²) in [5.41, 5.74) is 18.3. The molecule has 12 heteroatoms. The van der Waals surface area contributed by atoms with Crippen molar-refractivity contribution in [3.05, 3.63) is 71.8 Å². The van der Waals surface area contributed by atoms with Crippen molar-refractivity contribution in [1.29, 1.82) is 0 Å². The minimum Gasteiger partial charge on any atom is -0.480 e. The van der Waals surface area contributed by atoms with Crippen molar-refractivity contribution >= 4 is 29.7 Å². The Hall–Kier alpha value is -4.45. The van der Waals surface area contributed by atoms with Crippen molar-refractivity contribution in [3.63, 3.8) is 0 Å². The van der Waals surface area contributed by atoms with E-state index in [2.05, 4.69) is 15.6 Å². The Morgan fingerprint density at radius 1 is 0.927 bits per heavy atom. The zero-order valence-corrected chi connectivity index (χ0v) is 22.9. The number of likely N-dealkylation sites (tertiary alicyclic amines) is 1. The summed E-state index contributed by atoms with van der Waals surface area (Å²) in [4.78, 5) is 57.3. The van der Waals surface area contributed by atoms with Gasteiger partial charge in [-0.05, 0) is 36.8 Å². The minimum absolute atomic E-state index is 0.0458. The molecule has 0 radical (unpaired) electrons. The number of carboxylic acid groups (broad SMARTS) is 1. The highest BCUT2D eigenvalue weighted by atomic mass is 16.4. The third kappa shape index (κ3) is 9.60. The Balaban J connectivity index is 1.71. The molecule has 12 nitrogen and oxygen atoms in total. The number of hydrogen-bond acceptors (Lipinski definition) is 6. The van der Waals surface area contributed by atoms with Crippen LogP contribution in [-0.2, 0) is 32.0 Å². The summed E-state index contributed by atoms with van der Waals surface area (Å²) in [5, 5.41) is 15.1. The maximum absolute atomic E-state index is 13.8. The van der Waals surface area contributed by atoms with Gasteiger partial charge in [0.2, 0.25) is 17.7 Å². The monoisotopic (exact) mass is 565 g/mol. The lowest BCUT2D eigenvalue weighted by Crippen LogP contribution is -2.57. The predicted molar refractivity (Wildman–Crippen MR) is 154 cm³/mol. The predicted octanol–water partition coefficient (Wildman–Crippen LogP) is -0.102. The fraction of sp³-hybridized carbons (Fsp3) is 0.414. The quantitative estimate of drug-likeness (QED) is 0.103. The summed E-state index contributed by atoms with van der Waals surface area (Å²) >= 11 is 0. The maximum atomic E-state index is 13.8. The average Bonchev–Trinajstić information content (AvgIpc) is 3.45. The molecular formula is C29H39N7O5. The van der Waals surface area contributed by atoms with E-state index in [9.17, 15) is 24.3 Å². The van der Waals surface area contributed by atoms with Crippen LogP contribution in [0.25, 0.3) is 0 Å². The molecule has 1 heterocycles. The fourth-order valence-electron chi connectivity index (χ4n) is 4.80.